The summed E-state index contributed by atoms with van der Waals surface area (Å²) in [5.41, 5.74) is 8.13. The molecule has 6 nitrogen and oxygen atoms in total. The molecule has 3 N–H and O–H groups in total. The van der Waals surface area contributed by atoms with Gasteiger partial charge in [0.05, 0.1) is 12.9 Å². The minimum atomic E-state index is -0.464. The van der Waals surface area contributed by atoms with Crippen LogP contribution >= 0.6 is 0 Å². The van der Waals surface area contributed by atoms with Crippen LogP contribution in [0.2, 0.25) is 0 Å². The van der Waals surface area contributed by atoms with Crippen LogP contribution in [0.3, 0.4) is 0 Å². The van der Waals surface area contributed by atoms with Crippen LogP contribution in [0.4, 0.5) is 0 Å². The van der Waals surface area contributed by atoms with Crippen LogP contribution in [-0.2, 0) is 20.7 Å². The van der Waals surface area contributed by atoms with Gasteiger partial charge in [-0.05, 0) is 49.5 Å². The molecule has 6 heteroatoms. The van der Waals surface area contributed by atoms with E-state index in [1.165, 1.54) is 0 Å². The number of allylic oxidation sites excluding steroid dienone is 3. The predicted molar refractivity (Wildman–Crippen MR) is 91.0 cm³/mol. The molecule has 1 heterocycles. The van der Waals surface area contributed by atoms with E-state index in [1.807, 2.05) is 18.2 Å². The van der Waals surface area contributed by atoms with Gasteiger partial charge < -0.3 is 24.9 Å². The molecule has 0 spiro atoms. The monoisotopic (exact) mass is 334 g/mol. The first-order valence-electron chi connectivity index (χ1n) is 8.32. The second-order valence-corrected chi connectivity index (χ2v) is 5.70. The number of carbonyl (C=O) groups is 1. The van der Waals surface area contributed by atoms with Gasteiger partial charge in [0.25, 0.3) is 0 Å². The second-order valence-electron chi connectivity index (χ2n) is 5.70. The summed E-state index contributed by atoms with van der Waals surface area (Å²) in [6.45, 7) is 1.83. The fourth-order valence-corrected chi connectivity index (χ4v) is 2.55. The zero-order valence-electron chi connectivity index (χ0n) is 14.2. The highest BCUT2D eigenvalue weighted by atomic mass is 16.5. The van der Waals surface area contributed by atoms with Crippen molar-refractivity contribution >= 4 is 5.97 Å². The SMILES string of the molecule is COCCCNC1=C/C(=C(/N)C(=O)OCCc2ccco2)CCC1. The lowest BCUT2D eigenvalue weighted by molar-refractivity contribution is -0.139. The number of nitrogens with one attached hydrogen (secondary N) is 1. The molecule has 1 aromatic rings. The fraction of sp³-hybridized carbons (Fsp3) is 0.500. The predicted octanol–water partition coefficient (Wildman–Crippen LogP) is 2.27. The summed E-state index contributed by atoms with van der Waals surface area (Å²) in [5, 5.41) is 3.37. The Labute approximate surface area is 142 Å². The lowest BCUT2D eigenvalue weighted by Crippen LogP contribution is -2.22. The van der Waals surface area contributed by atoms with E-state index < -0.39 is 5.97 Å². The first-order chi connectivity index (χ1) is 11.7. The van der Waals surface area contributed by atoms with Gasteiger partial charge in [0.15, 0.2) is 0 Å². The summed E-state index contributed by atoms with van der Waals surface area (Å²) in [7, 11) is 1.69. The third kappa shape index (κ3) is 5.77. The average Bonchev–Trinajstić information content (AvgIpc) is 3.11. The van der Waals surface area contributed by atoms with Gasteiger partial charge in [0.1, 0.15) is 11.5 Å². The molecule has 0 fully saturated rings. The molecule has 24 heavy (non-hydrogen) atoms. The molecule has 1 aromatic heterocycles. The van der Waals surface area contributed by atoms with Crippen molar-refractivity contribution in [2.75, 3.05) is 26.9 Å². The van der Waals surface area contributed by atoms with Crippen molar-refractivity contribution in [1.82, 2.24) is 5.32 Å². The first kappa shape index (κ1) is 18.1. The molecule has 0 aliphatic heterocycles. The maximum Gasteiger partial charge on any atom is 0.354 e. The minimum Gasteiger partial charge on any atom is -0.469 e. The zero-order valence-corrected chi connectivity index (χ0v) is 14.2. The Kier molecular flexibility index (Phi) is 7.42. The summed E-state index contributed by atoms with van der Waals surface area (Å²) in [5.74, 6) is 0.322. The molecule has 2 rings (SSSR count). The Hall–Kier alpha value is -2.21. The quantitative estimate of drug-likeness (QED) is 0.409. The second kappa shape index (κ2) is 9.82. The molecule has 1 aliphatic rings. The third-order valence-corrected chi connectivity index (χ3v) is 3.85. The van der Waals surface area contributed by atoms with E-state index in [0.29, 0.717) is 6.42 Å². The Morgan fingerprint density at radius 3 is 3.00 bits per heavy atom. The van der Waals surface area contributed by atoms with E-state index in [-0.39, 0.29) is 12.3 Å². The van der Waals surface area contributed by atoms with E-state index >= 15 is 0 Å². The van der Waals surface area contributed by atoms with Crippen molar-refractivity contribution in [1.29, 1.82) is 0 Å². The average molecular weight is 334 g/mol. The van der Waals surface area contributed by atoms with Crippen molar-refractivity contribution in [3.05, 3.63) is 47.2 Å². The molecular formula is C18H26N2O4. The fourth-order valence-electron chi connectivity index (χ4n) is 2.55. The molecule has 0 amide bonds. The van der Waals surface area contributed by atoms with Crippen LogP contribution in [0.25, 0.3) is 0 Å². The highest BCUT2D eigenvalue weighted by Gasteiger charge is 2.16. The lowest BCUT2D eigenvalue weighted by Gasteiger charge is -2.18. The summed E-state index contributed by atoms with van der Waals surface area (Å²) >= 11 is 0. The van der Waals surface area contributed by atoms with E-state index in [0.717, 1.165) is 55.9 Å². The molecule has 0 saturated heterocycles. The Morgan fingerprint density at radius 1 is 1.38 bits per heavy atom. The van der Waals surface area contributed by atoms with Gasteiger partial charge in [-0.15, -0.1) is 0 Å². The van der Waals surface area contributed by atoms with E-state index in [1.54, 1.807) is 13.4 Å². The number of nitrogens with two attached hydrogens (primary N) is 1. The number of carbonyl (C=O) groups excluding carboxylic acids is 1. The lowest BCUT2D eigenvalue weighted by atomic mass is 9.97. The molecular weight excluding hydrogens is 308 g/mol. The third-order valence-electron chi connectivity index (χ3n) is 3.85. The van der Waals surface area contributed by atoms with Crippen LogP contribution in [0.1, 0.15) is 31.4 Å². The van der Waals surface area contributed by atoms with E-state index in [4.69, 9.17) is 19.6 Å². The summed E-state index contributed by atoms with van der Waals surface area (Å²) in [6.07, 6.45) is 7.79. The van der Waals surface area contributed by atoms with Gasteiger partial charge in [0.2, 0.25) is 0 Å². The maximum absolute atomic E-state index is 12.1. The van der Waals surface area contributed by atoms with E-state index in [9.17, 15) is 4.79 Å². The zero-order chi connectivity index (χ0) is 17.2. The minimum absolute atomic E-state index is 0.199. The molecule has 0 bridgehead atoms. The Morgan fingerprint density at radius 2 is 2.25 bits per heavy atom. The molecule has 132 valence electrons. The summed E-state index contributed by atoms with van der Waals surface area (Å²) < 4.78 is 15.5. The van der Waals surface area contributed by atoms with Gasteiger partial charge in [-0.3, -0.25) is 0 Å². The topological polar surface area (TPSA) is 86.7 Å². The normalized spacial score (nSPS) is 16.5. The van der Waals surface area contributed by atoms with Gasteiger partial charge in [-0.1, -0.05) is 0 Å². The van der Waals surface area contributed by atoms with Gasteiger partial charge in [-0.2, -0.15) is 0 Å². The number of esters is 1. The number of methoxy groups -OCH3 is 1. The van der Waals surface area contributed by atoms with Gasteiger partial charge in [-0.25, -0.2) is 4.79 Å². The largest absolute Gasteiger partial charge is 0.469 e. The summed E-state index contributed by atoms with van der Waals surface area (Å²) in [4.78, 5) is 12.1. The van der Waals surface area contributed by atoms with Crippen LogP contribution in [-0.4, -0.2) is 32.8 Å². The number of hydrogen-bond donors (Lipinski definition) is 2. The van der Waals surface area contributed by atoms with Crippen molar-refractivity contribution in [2.45, 2.75) is 32.1 Å². The van der Waals surface area contributed by atoms with Crippen molar-refractivity contribution in [3.8, 4) is 0 Å². The van der Waals surface area contributed by atoms with Crippen LogP contribution in [0, 0.1) is 0 Å². The molecule has 0 radical (unpaired) electrons. The standard InChI is InChI=1S/C18H26N2O4/c1-22-10-4-9-20-15-6-2-5-14(13-15)17(19)18(21)24-12-8-16-7-3-11-23-16/h3,7,11,13,20H,2,4-6,8-10,12,19H2,1H3/b17-14+. The van der Waals surface area contributed by atoms with Crippen molar-refractivity contribution < 1.29 is 18.7 Å². The van der Waals surface area contributed by atoms with E-state index in [2.05, 4.69) is 5.32 Å². The molecule has 0 saturated carbocycles. The molecule has 0 unspecified atom stereocenters. The molecule has 0 aromatic carbocycles. The van der Waals surface area contributed by atoms with Crippen LogP contribution in [0.15, 0.2) is 45.9 Å². The molecule has 0 atom stereocenters. The van der Waals surface area contributed by atoms with Crippen LogP contribution < -0.4 is 11.1 Å². The summed E-state index contributed by atoms with van der Waals surface area (Å²) in [6, 6.07) is 3.66. The van der Waals surface area contributed by atoms with Crippen molar-refractivity contribution in [2.24, 2.45) is 5.73 Å². The Balaban J connectivity index is 1.84. The number of rotatable bonds is 9. The molecule has 1 aliphatic carbocycles. The maximum atomic E-state index is 12.1. The Bertz CT molecular complexity index is 576. The van der Waals surface area contributed by atoms with Gasteiger partial charge in [0, 0.05) is 32.4 Å². The highest BCUT2D eigenvalue weighted by molar-refractivity contribution is 5.88. The number of ether oxygens (including phenoxy) is 2. The number of furan rings is 1. The highest BCUT2D eigenvalue weighted by Crippen LogP contribution is 2.22. The smallest absolute Gasteiger partial charge is 0.354 e. The van der Waals surface area contributed by atoms with Crippen molar-refractivity contribution in [3.63, 3.8) is 0 Å². The first-order valence-corrected chi connectivity index (χ1v) is 8.32. The van der Waals surface area contributed by atoms with Crippen LogP contribution in [0.5, 0.6) is 0 Å². The van der Waals surface area contributed by atoms with Gasteiger partial charge >= 0.3 is 5.97 Å². The number of hydrogen-bond acceptors (Lipinski definition) is 6.